The first kappa shape index (κ1) is 10.4. The Hall–Kier alpha value is -0.610. The van der Waals surface area contributed by atoms with Crippen molar-refractivity contribution in [1.29, 1.82) is 0 Å². The van der Waals surface area contributed by atoms with Crippen LogP contribution in [0.15, 0.2) is 0 Å². The van der Waals surface area contributed by atoms with Gasteiger partial charge in [-0.05, 0) is 20.8 Å². The molecule has 0 spiro atoms. The van der Waals surface area contributed by atoms with Gasteiger partial charge in [-0.2, -0.15) is 5.48 Å². The topological polar surface area (TPSA) is 47.6 Å². The van der Waals surface area contributed by atoms with E-state index in [0.29, 0.717) is 6.61 Å². The lowest BCUT2D eigenvalue weighted by molar-refractivity contribution is -0.155. The van der Waals surface area contributed by atoms with Gasteiger partial charge in [0.25, 0.3) is 0 Å². The minimum Gasteiger partial charge on any atom is -0.465 e. The zero-order valence-electron chi connectivity index (χ0n) is 7.43. The Morgan fingerprint density at radius 1 is 1.55 bits per heavy atom. The maximum atomic E-state index is 11.1. The summed E-state index contributed by atoms with van der Waals surface area (Å²) in [5.41, 5.74) is 1.76. The molecule has 0 amide bonds. The number of esters is 1. The van der Waals surface area contributed by atoms with Crippen molar-refractivity contribution in [2.75, 3.05) is 13.7 Å². The number of rotatable bonds is 4. The lowest BCUT2D eigenvalue weighted by Gasteiger charge is -2.21. The molecule has 66 valence electrons. The van der Waals surface area contributed by atoms with Crippen LogP contribution in [0.3, 0.4) is 0 Å². The summed E-state index contributed by atoms with van der Waals surface area (Å²) in [7, 11) is 1.46. The van der Waals surface area contributed by atoms with Crippen LogP contribution in [0.4, 0.5) is 0 Å². The predicted octanol–water partition coefficient (Wildman–Crippen LogP) is 0.479. The maximum absolute atomic E-state index is 11.1. The second-order valence-corrected chi connectivity index (χ2v) is 2.65. The number of carbonyl (C=O) groups excluding carboxylic acids is 1. The lowest BCUT2D eigenvalue weighted by atomic mass is 10.1. The van der Waals surface area contributed by atoms with Gasteiger partial charge in [0, 0.05) is 0 Å². The van der Waals surface area contributed by atoms with Crippen molar-refractivity contribution in [3.8, 4) is 0 Å². The van der Waals surface area contributed by atoms with Gasteiger partial charge in [0.05, 0.1) is 13.7 Å². The van der Waals surface area contributed by atoms with Crippen LogP contribution in [0, 0.1) is 0 Å². The normalized spacial score (nSPS) is 11.3. The molecule has 0 aromatic carbocycles. The summed E-state index contributed by atoms with van der Waals surface area (Å²) in [6.45, 7) is 5.53. The van der Waals surface area contributed by atoms with E-state index < -0.39 is 5.54 Å². The Kier molecular flexibility index (Phi) is 4.07. The molecule has 0 aliphatic heterocycles. The first-order valence-electron chi connectivity index (χ1n) is 3.52. The fourth-order valence-corrected chi connectivity index (χ4v) is 0.608. The quantitative estimate of drug-likeness (QED) is 0.481. The average molecular weight is 161 g/mol. The molecule has 0 fully saturated rings. The van der Waals surface area contributed by atoms with Crippen LogP contribution in [-0.2, 0) is 14.4 Å². The van der Waals surface area contributed by atoms with Crippen LogP contribution in [0.1, 0.15) is 20.8 Å². The maximum Gasteiger partial charge on any atom is 0.328 e. The van der Waals surface area contributed by atoms with Crippen molar-refractivity contribution in [3.05, 3.63) is 0 Å². The largest absolute Gasteiger partial charge is 0.465 e. The molecule has 11 heavy (non-hydrogen) atoms. The molecule has 0 aromatic rings. The molecule has 0 aromatic heterocycles. The first-order chi connectivity index (χ1) is 5.04. The van der Waals surface area contributed by atoms with Crippen LogP contribution >= 0.6 is 0 Å². The van der Waals surface area contributed by atoms with E-state index in [1.807, 2.05) is 0 Å². The molecule has 4 heteroatoms. The van der Waals surface area contributed by atoms with E-state index in [2.05, 4.69) is 10.3 Å². The van der Waals surface area contributed by atoms with E-state index in [4.69, 9.17) is 4.74 Å². The minimum atomic E-state index is -0.773. The molecule has 0 rings (SSSR count). The monoisotopic (exact) mass is 161 g/mol. The molecule has 0 radical (unpaired) electrons. The van der Waals surface area contributed by atoms with Gasteiger partial charge in [-0.25, -0.2) is 4.79 Å². The third-order valence-corrected chi connectivity index (χ3v) is 1.14. The van der Waals surface area contributed by atoms with Crippen LogP contribution in [0.25, 0.3) is 0 Å². The van der Waals surface area contributed by atoms with Crippen molar-refractivity contribution in [3.63, 3.8) is 0 Å². The second kappa shape index (κ2) is 4.31. The van der Waals surface area contributed by atoms with Crippen molar-refractivity contribution in [2.45, 2.75) is 26.3 Å². The number of hydroxylamine groups is 1. The molecule has 1 N–H and O–H groups in total. The van der Waals surface area contributed by atoms with Crippen LogP contribution in [-0.4, -0.2) is 25.2 Å². The van der Waals surface area contributed by atoms with E-state index in [0.717, 1.165) is 0 Å². The Bertz CT molecular complexity index is 134. The molecular weight excluding hydrogens is 146 g/mol. The summed E-state index contributed by atoms with van der Waals surface area (Å²) < 4.78 is 4.78. The van der Waals surface area contributed by atoms with Gasteiger partial charge in [0.2, 0.25) is 0 Å². The highest BCUT2D eigenvalue weighted by atomic mass is 16.6. The van der Waals surface area contributed by atoms with Gasteiger partial charge in [-0.3, -0.25) is 0 Å². The molecule has 4 nitrogen and oxygen atoms in total. The standard InChI is InChI=1S/C7H15NO3/c1-5-11-6(9)7(2,3)8-10-4/h8H,5H2,1-4H3. The summed E-state index contributed by atoms with van der Waals surface area (Å²) in [5.74, 6) is -0.318. The first-order valence-corrected chi connectivity index (χ1v) is 3.52. The molecule has 0 unspecified atom stereocenters. The number of nitrogens with one attached hydrogen (secondary N) is 1. The minimum absolute atomic E-state index is 0.318. The van der Waals surface area contributed by atoms with E-state index in [-0.39, 0.29) is 5.97 Å². The van der Waals surface area contributed by atoms with E-state index in [9.17, 15) is 4.79 Å². The van der Waals surface area contributed by atoms with Crippen LogP contribution in [0.5, 0.6) is 0 Å². The molecular formula is C7H15NO3. The summed E-state index contributed by atoms with van der Waals surface area (Å²) in [4.78, 5) is 15.7. The number of carbonyl (C=O) groups is 1. The lowest BCUT2D eigenvalue weighted by Crippen LogP contribution is -2.47. The van der Waals surface area contributed by atoms with Crippen molar-refractivity contribution < 1.29 is 14.4 Å². The fraction of sp³-hybridized carbons (Fsp3) is 0.857. The predicted molar refractivity (Wildman–Crippen MR) is 40.9 cm³/mol. The zero-order chi connectivity index (χ0) is 8.91. The van der Waals surface area contributed by atoms with Crippen LogP contribution in [0.2, 0.25) is 0 Å². The Balaban J connectivity index is 3.94. The Morgan fingerprint density at radius 2 is 2.09 bits per heavy atom. The molecule has 0 saturated carbocycles. The number of hydrogen-bond acceptors (Lipinski definition) is 4. The van der Waals surface area contributed by atoms with Gasteiger partial charge >= 0.3 is 5.97 Å². The summed E-state index contributed by atoms with van der Waals surface area (Å²) in [6, 6.07) is 0. The second-order valence-electron chi connectivity index (χ2n) is 2.65. The molecule has 0 bridgehead atoms. The van der Waals surface area contributed by atoms with Gasteiger partial charge in [0.15, 0.2) is 0 Å². The fourth-order valence-electron chi connectivity index (χ4n) is 0.608. The molecule has 0 heterocycles. The molecule has 0 aliphatic carbocycles. The van der Waals surface area contributed by atoms with E-state index in [1.165, 1.54) is 7.11 Å². The highest BCUT2D eigenvalue weighted by Gasteiger charge is 2.28. The van der Waals surface area contributed by atoms with Gasteiger partial charge in [-0.1, -0.05) is 0 Å². The Labute approximate surface area is 66.8 Å². The van der Waals surface area contributed by atoms with Crippen LogP contribution < -0.4 is 5.48 Å². The summed E-state index contributed by atoms with van der Waals surface area (Å²) in [6.07, 6.45) is 0. The van der Waals surface area contributed by atoms with Crippen molar-refractivity contribution in [1.82, 2.24) is 5.48 Å². The average Bonchev–Trinajstić information content (AvgIpc) is 1.88. The van der Waals surface area contributed by atoms with Crippen molar-refractivity contribution in [2.24, 2.45) is 0 Å². The smallest absolute Gasteiger partial charge is 0.328 e. The third-order valence-electron chi connectivity index (χ3n) is 1.14. The van der Waals surface area contributed by atoms with Gasteiger partial charge < -0.3 is 9.57 Å². The van der Waals surface area contributed by atoms with Gasteiger partial charge in [-0.15, -0.1) is 0 Å². The zero-order valence-corrected chi connectivity index (χ0v) is 7.43. The molecule has 0 aliphatic rings. The molecule has 0 saturated heterocycles. The SMILES string of the molecule is CCOC(=O)C(C)(C)NOC. The highest BCUT2D eigenvalue weighted by molar-refractivity contribution is 5.79. The highest BCUT2D eigenvalue weighted by Crippen LogP contribution is 2.03. The number of hydrogen-bond donors (Lipinski definition) is 1. The Morgan fingerprint density at radius 3 is 2.45 bits per heavy atom. The summed E-state index contributed by atoms with van der Waals surface area (Å²) in [5, 5.41) is 0. The number of ether oxygens (including phenoxy) is 1. The van der Waals surface area contributed by atoms with Crippen molar-refractivity contribution >= 4 is 5.97 Å². The third kappa shape index (κ3) is 3.34. The summed E-state index contributed by atoms with van der Waals surface area (Å²) >= 11 is 0. The van der Waals surface area contributed by atoms with E-state index in [1.54, 1.807) is 20.8 Å². The molecule has 0 atom stereocenters. The van der Waals surface area contributed by atoms with Gasteiger partial charge in [0.1, 0.15) is 5.54 Å². The van der Waals surface area contributed by atoms with E-state index >= 15 is 0 Å².